The highest BCUT2D eigenvalue weighted by Crippen LogP contribution is 2.07. The highest BCUT2D eigenvalue weighted by Gasteiger charge is 1.97. The Labute approximate surface area is 48.4 Å². The van der Waals surface area contributed by atoms with Gasteiger partial charge in [-0.1, -0.05) is 6.92 Å². The number of hydrogen-bond acceptors (Lipinski definition) is 3. The van der Waals surface area contributed by atoms with Crippen LogP contribution in [0.2, 0.25) is 0 Å². The van der Waals surface area contributed by atoms with Gasteiger partial charge >= 0.3 is 0 Å². The number of rotatable bonds is 3. The molecule has 3 heteroatoms. The molecule has 0 saturated heterocycles. The summed E-state index contributed by atoms with van der Waals surface area (Å²) in [5.74, 6) is 4.87. The molecule has 1 unspecified atom stereocenters. The van der Waals surface area contributed by atoms with Gasteiger partial charge in [-0.2, -0.15) is 0 Å². The largest absolute Gasteiger partial charge is 0.291 e. The molecule has 0 bridgehead atoms. The second-order valence-corrected chi connectivity index (χ2v) is 2.21. The maximum absolute atomic E-state index is 4.87. The summed E-state index contributed by atoms with van der Waals surface area (Å²) in [6.45, 7) is 2.04. The van der Waals surface area contributed by atoms with Gasteiger partial charge in [0.15, 0.2) is 0 Å². The summed E-state index contributed by atoms with van der Waals surface area (Å²) < 4.78 is 0. The quantitative estimate of drug-likeness (QED) is 0.446. The fourth-order valence-corrected chi connectivity index (χ4v) is 0.763. The Balaban J connectivity index is 2.99. The number of hydrogen-bond donors (Lipinski definition) is 1. The van der Waals surface area contributed by atoms with Crippen LogP contribution in [0.15, 0.2) is 0 Å². The van der Waals surface area contributed by atoms with Gasteiger partial charge in [0.05, 0.1) is 0 Å². The van der Waals surface area contributed by atoms with Gasteiger partial charge in [0.25, 0.3) is 0 Å². The summed E-state index contributed by atoms with van der Waals surface area (Å²) in [6.07, 6.45) is 2.94. The summed E-state index contributed by atoms with van der Waals surface area (Å²) in [6, 6.07) is 0. The van der Waals surface area contributed by atoms with E-state index in [0.717, 1.165) is 6.42 Å². The minimum Gasteiger partial charge on any atom is -0.291 e. The summed E-state index contributed by atoms with van der Waals surface area (Å²) in [7, 11) is 0. The topological polar surface area (TPSA) is 35.2 Å². The van der Waals surface area contributed by atoms with Gasteiger partial charge in [0.2, 0.25) is 0 Å². The minimum atomic E-state index is 0.181. The van der Waals surface area contributed by atoms with Crippen molar-refractivity contribution in [2.24, 2.45) is 5.90 Å². The van der Waals surface area contributed by atoms with Crippen molar-refractivity contribution in [3.8, 4) is 0 Å². The van der Waals surface area contributed by atoms with Crippen LogP contribution >= 0.6 is 11.8 Å². The third kappa shape index (κ3) is 2.91. The van der Waals surface area contributed by atoms with Gasteiger partial charge in [0, 0.05) is 0 Å². The molecule has 0 fully saturated rings. The second-order valence-electron chi connectivity index (χ2n) is 1.21. The predicted octanol–water partition coefficient (Wildman–Crippen LogP) is 0.976. The van der Waals surface area contributed by atoms with Gasteiger partial charge in [-0.25, -0.2) is 5.90 Å². The normalized spacial score (nSPS) is 14.1. The van der Waals surface area contributed by atoms with Crippen LogP contribution in [-0.4, -0.2) is 11.7 Å². The van der Waals surface area contributed by atoms with Crippen molar-refractivity contribution in [2.45, 2.75) is 18.8 Å². The van der Waals surface area contributed by atoms with Gasteiger partial charge in [-0.05, 0) is 12.7 Å². The zero-order chi connectivity index (χ0) is 5.70. The lowest BCUT2D eigenvalue weighted by atomic mass is 10.5. The fraction of sp³-hybridized carbons (Fsp3) is 1.00. The first-order valence-electron chi connectivity index (χ1n) is 2.23. The Morgan fingerprint density at radius 2 is 2.43 bits per heavy atom. The first-order valence-corrected chi connectivity index (χ1v) is 3.52. The van der Waals surface area contributed by atoms with Crippen LogP contribution in [-0.2, 0) is 4.84 Å². The first kappa shape index (κ1) is 7.27. The Kier molecular flexibility index (Phi) is 4.60. The molecule has 0 aromatic heterocycles. The Morgan fingerprint density at radius 1 is 1.86 bits per heavy atom. The van der Waals surface area contributed by atoms with Crippen LogP contribution in [0.4, 0.5) is 0 Å². The molecule has 0 radical (unpaired) electrons. The smallest absolute Gasteiger partial charge is 0.123 e. The zero-order valence-corrected chi connectivity index (χ0v) is 5.49. The molecular weight excluding hydrogens is 110 g/mol. The van der Waals surface area contributed by atoms with Gasteiger partial charge in [0.1, 0.15) is 5.44 Å². The van der Waals surface area contributed by atoms with Crippen molar-refractivity contribution in [3.63, 3.8) is 0 Å². The monoisotopic (exact) mass is 121 g/mol. The van der Waals surface area contributed by atoms with Crippen LogP contribution in [0, 0.1) is 0 Å². The van der Waals surface area contributed by atoms with E-state index in [-0.39, 0.29) is 5.44 Å². The van der Waals surface area contributed by atoms with E-state index in [2.05, 4.69) is 4.84 Å². The van der Waals surface area contributed by atoms with E-state index < -0.39 is 0 Å². The van der Waals surface area contributed by atoms with Crippen LogP contribution in [0.25, 0.3) is 0 Å². The molecule has 2 nitrogen and oxygen atoms in total. The fourth-order valence-electron chi connectivity index (χ4n) is 0.318. The Hall–Kier alpha value is 0.270. The van der Waals surface area contributed by atoms with E-state index >= 15 is 0 Å². The average Bonchev–Trinajstić information content (AvgIpc) is 1.72. The highest BCUT2D eigenvalue weighted by molar-refractivity contribution is 7.99. The minimum absolute atomic E-state index is 0.181. The number of nitrogens with two attached hydrogens (primary N) is 1. The molecule has 7 heavy (non-hydrogen) atoms. The van der Waals surface area contributed by atoms with Crippen molar-refractivity contribution in [1.29, 1.82) is 0 Å². The molecule has 0 heterocycles. The molecular formula is C4H11NOS. The SMILES string of the molecule is CCC(ON)SC. The molecule has 0 spiro atoms. The van der Waals surface area contributed by atoms with Crippen molar-refractivity contribution >= 4 is 11.8 Å². The molecule has 0 aromatic rings. The van der Waals surface area contributed by atoms with E-state index in [4.69, 9.17) is 5.90 Å². The van der Waals surface area contributed by atoms with Gasteiger partial charge in [-0.15, -0.1) is 11.8 Å². The second kappa shape index (κ2) is 4.43. The highest BCUT2D eigenvalue weighted by atomic mass is 32.2. The lowest BCUT2D eigenvalue weighted by Gasteiger charge is -2.05. The zero-order valence-electron chi connectivity index (χ0n) is 4.68. The molecule has 0 saturated carbocycles. The van der Waals surface area contributed by atoms with E-state index in [0.29, 0.717) is 0 Å². The third-order valence-corrected chi connectivity index (χ3v) is 1.72. The standard InChI is InChI=1S/C4H11NOS/c1-3-4(6-5)7-2/h4H,3,5H2,1-2H3. The maximum Gasteiger partial charge on any atom is 0.123 e. The molecule has 0 amide bonds. The predicted molar refractivity (Wildman–Crippen MR) is 32.9 cm³/mol. The van der Waals surface area contributed by atoms with Crippen LogP contribution in [0.1, 0.15) is 13.3 Å². The molecule has 0 rings (SSSR count). The summed E-state index contributed by atoms with van der Waals surface area (Å²) in [4.78, 5) is 4.51. The van der Waals surface area contributed by atoms with Crippen molar-refractivity contribution < 1.29 is 4.84 Å². The summed E-state index contributed by atoms with van der Waals surface area (Å²) >= 11 is 1.62. The average molecular weight is 121 g/mol. The van der Waals surface area contributed by atoms with Crippen molar-refractivity contribution in [3.05, 3.63) is 0 Å². The third-order valence-electron chi connectivity index (χ3n) is 0.748. The van der Waals surface area contributed by atoms with Crippen molar-refractivity contribution in [1.82, 2.24) is 0 Å². The molecule has 0 aliphatic rings. The Morgan fingerprint density at radius 3 is 2.43 bits per heavy atom. The molecule has 0 aliphatic carbocycles. The van der Waals surface area contributed by atoms with Crippen LogP contribution in [0.5, 0.6) is 0 Å². The molecule has 0 aliphatic heterocycles. The maximum atomic E-state index is 4.87. The lowest BCUT2D eigenvalue weighted by molar-refractivity contribution is 0.113. The summed E-state index contributed by atoms with van der Waals surface area (Å²) in [5, 5.41) is 0. The van der Waals surface area contributed by atoms with Crippen molar-refractivity contribution in [2.75, 3.05) is 6.26 Å². The van der Waals surface area contributed by atoms with Gasteiger partial charge < -0.3 is 0 Å². The molecule has 0 aromatic carbocycles. The van der Waals surface area contributed by atoms with E-state index in [1.54, 1.807) is 11.8 Å². The Bertz CT molecular complexity index is 33.2. The van der Waals surface area contributed by atoms with E-state index in [1.165, 1.54) is 0 Å². The molecule has 44 valence electrons. The molecule has 1 atom stereocenters. The van der Waals surface area contributed by atoms with Gasteiger partial charge in [-0.3, -0.25) is 4.84 Å². The first-order chi connectivity index (χ1) is 3.35. The molecule has 2 N–H and O–H groups in total. The van der Waals surface area contributed by atoms with E-state index in [9.17, 15) is 0 Å². The lowest BCUT2D eigenvalue weighted by Crippen LogP contribution is -2.10. The van der Waals surface area contributed by atoms with Crippen LogP contribution < -0.4 is 5.90 Å². The number of thioether (sulfide) groups is 1. The van der Waals surface area contributed by atoms with Crippen LogP contribution in [0.3, 0.4) is 0 Å². The van der Waals surface area contributed by atoms with E-state index in [1.807, 2.05) is 13.2 Å². The summed E-state index contributed by atoms with van der Waals surface area (Å²) in [5.41, 5.74) is 0.181.